The largest absolute Gasteiger partial charge is 0.208 e. The maximum absolute atomic E-state index is 5.08. The number of hydrogen-bond acceptors (Lipinski definition) is 3. The lowest BCUT2D eigenvalue weighted by Crippen LogP contribution is -2.25. The van der Waals surface area contributed by atoms with E-state index in [2.05, 4.69) is 164 Å². The topological polar surface area (TPSA) is 38.7 Å². The van der Waals surface area contributed by atoms with Crippen LogP contribution in [-0.2, 0) is 5.41 Å². The third-order valence-corrected chi connectivity index (χ3v) is 11.4. The molecule has 0 bridgehead atoms. The Morgan fingerprint density at radius 2 is 0.600 bits per heavy atom. The van der Waals surface area contributed by atoms with Crippen LogP contribution in [0.3, 0.4) is 0 Å². The van der Waals surface area contributed by atoms with E-state index in [-0.39, 0.29) is 5.41 Å². The Kier molecular flexibility index (Phi) is 7.08. The van der Waals surface area contributed by atoms with Gasteiger partial charge in [0.25, 0.3) is 0 Å². The second kappa shape index (κ2) is 12.4. The molecule has 0 atom stereocenters. The van der Waals surface area contributed by atoms with Gasteiger partial charge in [-0.05, 0) is 78.9 Å². The molecule has 0 N–H and O–H groups in total. The van der Waals surface area contributed by atoms with Gasteiger partial charge in [0, 0.05) is 16.7 Å². The molecule has 256 valence electrons. The molecule has 0 radical (unpaired) electrons. The first-order chi connectivity index (χ1) is 27.3. The van der Waals surface area contributed by atoms with Crippen LogP contribution in [0, 0.1) is 0 Å². The summed E-state index contributed by atoms with van der Waals surface area (Å²) in [6.07, 6.45) is 0. The fourth-order valence-corrected chi connectivity index (χ4v) is 8.91. The van der Waals surface area contributed by atoms with Gasteiger partial charge in [0.05, 0.1) is 5.41 Å². The molecule has 0 amide bonds. The monoisotopic (exact) mass is 699 g/mol. The van der Waals surface area contributed by atoms with E-state index in [1.54, 1.807) is 0 Å². The Morgan fingerprint density at radius 3 is 1.18 bits per heavy atom. The van der Waals surface area contributed by atoms with Crippen molar-refractivity contribution in [3.8, 4) is 78.7 Å². The molecule has 0 unspecified atom stereocenters. The summed E-state index contributed by atoms with van der Waals surface area (Å²) in [5.74, 6) is 1.93. The molecule has 11 rings (SSSR count). The average molecular weight is 700 g/mol. The first-order valence-electron chi connectivity index (χ1n) is 18.8. The maximum atomic E-state index is 5.08. The minimum Gasteiger partial charge on any atom is -0.208 e. The smallest absolute Gasteiger partial charge is 0.164 e. The molecule has 2 aliphatic carbocycles. The van der Waals surface area contributed by atoms with Gasteiger partial charge in [0.15, 0.2) is 17.5 Å². The molecule has 55 heavy (non-hydrogen) atoms. The standard InChI is InChI=1S/C52H33N3/c1-3-14-34(15-4-1)38-18-13-19-40(32-38)51-54-49(36-16-5-2-6-17-36)53-50(55-51)37-28-26-35(27-29-37)39-30-31-44-43-22-9-12-25-47(43)52(48(44)33-39)45-23-10-7-20-41(45)42-21-8-11-24-46(42)52/h1-33H. The Hall–Kier alpha value is -7.23. The van der Waals surface area contributed by atoms with Crippen LogP contribution < -0.4 is 0 Å². The van der Waals surface area contributed by atoms with Crippen LogP contribution in [0.5, 0.6) is 0 Å². The van der Waals surface area contributed by atoms with Crippen LogP contribution in [0.1, 0.15) is 22.3 Å². The van der Waals surface area contributed by atoms with Gasteiger partial charge in [-0.2, -0.15) is 0 Å². The van der Waals surface area contributed by atoms with Gasteiger partial charge >= 0.3 is 0 Å². The van der Waals surface area contributed by atoms with Gasteiger partial charge in [-0.1, -0.05) is 188 Å². The predicted molar refractivity (Wildman–Crippen MR) is 223 cm³/mol. The number of nitrogens with zero attached hydrogens (tertiary/aromatic N) is 3. The van der Waals surface area contributed by atoms with Crippen molar-refractivity contribution in [2.75, 3.05) is 0 Å². The molecule has 3 heteroatoms. The Balaban J connectivity index is 1.02. The lowest BCUT2D eigenvalue weighted by atomic mass is 9.70. The maximum Gasteiger partial charge on any atom is 0.164 e. The normalized spacial score (nSPS) is 12.9. The summed E-state index contributed by atoms with van der Waals surface area (Å²) >= 11 is 0. The second-order valence-electron chi connectivity index (χ2n) is 14.3. The first-order valence-corrected chi connectivity index (χ1v) is 18.8. The second-order valence-corrected chi connectivity index (χ2v) is 14.3. The van der Waals surface area contributed by atoms with Crippen molar-refractivity contribution in [1.82, 2.24) is 15.0 Å². The summed E-state index contributed by atoms with van der Waals surface area (Å²) in [6, 6.07) is 71.6. The third-order valence-electron chi connectivity index (χ3n) is 11.4. The van der Waals surface area contributed by atoms with Gasteiger partial charge in [-0.25, -0.2) is 15.0 Å². The lowest BCUT2D eigenvalue weighted by Gasteiger charge is -2.30. The highest BCUT2D eigenvalue weighted by atomic mass is 15.0. The SMILES string of the molecule is c1ccc(-c2cccc(-c3nc(-c4ccccc4)nc(-c4ccc(-c5ccc6c(c5)C5(c7ccccc7-c7ccccc75)c5ccccc5-6)cc4)n3)c2)cc1. The molecule has 0 fully saturated rings. The van der Waals surface area contributed by atoms with Crippen molar-refractivity contribution in [2.24, 2.45) is 0 Å². The Bertz CT molecular complexity index is 2850. The van der Waals surface area contributed by atoms with E-state index >= 15 is 0 Å². The number of fused-ring (bicyclic) bond motifs is 10. The highest BCUT2D eigenvalue weighted by Crippen LogP contribution is 2.63. The van der Waals surface area contributed by atoms with Crippen LogP contribution in [0.4, 0.5) is 0 Å². The highest BCUT2D eigenvalue weighted by molar-refractivity contribution is 5.96. The Labute approximate surface area is 320 Å². The summed E-state index contributed by atoms with van der Waals surface area (Å²) in [5.41, 5.74) is 17.7. The van der Waals surface area contributed by atoms with E-state index in [1.165, 1.54) is 50.1 Å². The molecule has 9 aromatic rings. The number of rotatable bonds is 5. The quantitative estimate of drug-likeness (QED) is 0.179. The van der Waals surface area contributed by atoms with Crippen molar-refractivity contribution in [1.29, 1.82) is 0 Å². The molecule has 1 spiro atoms. The van der Waals surface area contributed by atoms with Crippen molar-refractivity contribution >= 4 is 0 Å². The van der Waals surface area contributed by atoms with Crippen LogP contribution in [0.15, 0.2) is 200 Å². The predicted octanol–water partition coefficient (Wildman–Crippen LogP) is 12.6. The lowest BCUT2D eigenvalue weighted by molar-refractivity contribution is 0.794. The highest BCUT2D eigenvalue weighted by Gasteiger charge is 2.51. The third kappa shape index (κ3) is 4.87. The van der Waals surface area contributed by atoms with Crippen molar-refractivity contribution in [2.45, 2.75) is 5.41 Å². The average Bonchev–Trinajstić information content (AvgIpc) is 3.74. The fourth-order valence-electron chi connectivity index (χ4n) is 8.91. The zero-order chi connectivity index (χ0) is 36.3. The number of benzene rings is 8. The molecule has 1 heterocycles. The van der Waals surface area contributed by atoms with E-state index in [9.17, 15) is 0 Å². The molecule has 0 saturated heterocycles. The van der Waals surface area contributed by atoms with Gasteiger partial charge in [-0.3, -0.25) is 0 Å². The van der Waals surface area contributed by atoms with Gasteiger partial charge in [-0.15, -0.1) is 0 Å². The number of hydrogen-bond donors (Lipinski definition) is 0. The van der Waals surface area contributed by atoms with E-state index in [4.69, 9.17) is 15.0 Å². The minimum atomic E-state index is -0.373. The van der Waals surface area contributed by atoms with Crippen LogP contribution in [-0.4, -0.2) is 15.0 Å². The van der Waals surface area contributed by atoms with Gasteiger partial charge < -0.3 is 0 Å². The van der Waals surface area contributed by atoms with Crippen LogP contribution in [0.25, 0.3) is 78.7 Å². The van der Waals surface area contributed by atoms with Gasteiger partial charge in [0.2, 0.25) is 0 Å². The summed E-state index contributed by atoms with van der Waals surface area (Å²) < 4.78 is 0. The molecular formula is C52H33N3. The molecule has 8 aromatic carbocycles. The zero-order valence-corrected chi connectivity index (χ0v) is 29.9. The number of aromatic nitrogens is 3. The molecular weight excluding hydrogens is 667 g/mol. The van der Waals surface area contributed by atoms with Crippen molar-refractivity contribution < 1.29 is 0 Å². The van der Waals surface area contributed by atoms with E-state index in [1.807, 2.05) is 36.4 Å². The van der Waals surface area contributed by atoms with E-state index in [0.29, 0.717) is 17.5 Å². The summed E-state index contributed by atoms with van der Waals surface area (Å²) in [5, 5.41) is 0. The fraction of sp³-hybridized carbons (Fsp3) is 0.0192. The van der Waals surface area contributed by atoms with Crippen LogP contribution in [0.2, 0.25) is 0 Å². The molecule has 0 saturated carbocycles. The Morgan fingerprint density at radius 1 is 0.236 bits per heavy atom. The summed E-state index contributed by atoms with van der Waals surface area (Å²) in [6.45, 7) is 0. The molecule has 1 aromatic heterocycles. The summed E-state index contributed by atoms with van der Waals surface area (Å²) in [7, 11) is 0. The van der Waals surface area contributed by atoms with Gasteiger partial charge in [0.1, 0.15) is 0 Å². The zero-order valence-electron chi connectivity index (χ0n) is 29.9. The van der Waals surface area contributed by atoms with Crippen molar-refractivity contribution in [3.63, 3.8) is 0 Å². The minimum absolute atomic E-state index is 0.373. The van der Waals surface area contributed by atoms with Crippen molar-refractivity contribution in [3.05, 3.63) is 222 Å². The summed E-state index contributed by atoms with van der Waals surface area (Å²) in [4.78, 5) is 15.1. The van der Waals surface area contributed by atoms with E-state index < -0.39 is 0 Å². The first kappa shape index (κ1) is 31.3. The molecule has 2 aliphatic rings. The van der Waals surface area contributed by atoms with E-state index in [0.717, 1.165) is 33.4 Å². The molecule has 3 nitrogen and oxygen atoms in total. The molecule has 0 aliphatic heterocycles. The van der Waals surface area contributed by atoms with Crippen LogP contribution >= 0.6 is 0 Å².